The molecule has 3 heterocycles. The molecule has 1 fully saturated rings. The molecular formula is C24H29N3O4Si. The summed E-state index contributed by atoms with van der Waals surface area (Å²) in [4.78, 5) is 32.7. The van der Waals surface area contributed by atoms with E-state index in [1.54, 1.807) is 18.5 Å². The Hall–Kier alpha value is -2.97. The summed E-state index contributed by atoms with van der Waals surface area (Å²) < 4.78 is 12.4. The summed E-state index contributed by atoms with van der Waals surface area (Å²) in [6.45, 7) is 10.0. The van der Waals surface area contributed by atoms with E-state index in [1.165, 1.54) is 4.57 Å². The average Bonchev–Trinajstić information content (AvgIpc) is 3.18. The summed E-state index contributed by atoms with van der Waals surface area (Å²) in [5.74, 6) is 0.198. The third-order valence-electron chi connectivity index (χ3n) is 5.57. The summed E-state index contributed by atoms with van der Waals surface area (Å²) in [6.07, 6.45) is 3.17. The molecule has 1 saturated heterocycles. The lowest BCUT2D eigenvalue weighted by Gasteiger charge is -2.27. The van der Waals surface area contributed by atoms with Crippen molar-refractivity contribution in [2.75, 3.05) is 37.8 Å². The standard InChI is InChI=1S/C24H29N3O4Si/c1-32(2,3)15-14-31-24(29)20-17-27(21-7-5-4-6-19(20)21)23(28)18-8-9-22(25-16-18)26-10-12-30-13-11-26/h4-9,16-17H,10-15H2,1-3H3. The molecular weight excluding hydrogens is 422 g/mol. The monoisotopic (exact) mass is 451 g/mol. The van der Waals surface area contributed by atoms with Crippen molar-refractivity contribution in [3.05, 3.63) is 59.9 Å². The van der Waals surface area contributed by atoms with E-state index < -0.39 is 14.0 Å². The predicted molar refractivity (Wildman–Crippen MR) is 127 cm³/mol. The van der Waals surface area contributed by atoms with Gasteiger partial charge in [-0.05, 0) is 24.2 Å². The molecule has 0 saturated carbocycles. The first-order chi connectivity index (χ1) is 15.3. The molecule has 7 nitrogen and oxygen atoms in total. The molecule has 0 bridgehead atoms. The van der Waals surface area contributed by atoms with Crippen LogP contribution in [0.3, 0.4) is 0 Å². The lowest BCUT2D eigenvalue weighted by molar-refractivity contribution is 0.0527. The SMILES string of the molecule is C[Si](C)(C)CCOC(=O)c1cn(C(=O)c2ccc(N3CCOCC3)nc2)c2ccccc12. The zero-order valence-corrected chi connectivity index (χ0v) is 19.8. The average molecular weight is 452 g/mol. The van der Waals surface area contributed by atoms with E-state index in [0.717, 1.165) is 25.0 Å². The molecule has 2 aromatic heterocycles. The molecule has 4 rings (SSSR count). The number of aromatic nitrogens is 2. The number of esters is 1. The minimum Gasteiger partial charge on any atom is -0.462 e. The van der Waals surface area contributed by atoms with Crippen molar-refractivity contribution in [3.8, 4) is 0 Å². The molecule has 0 radical (unpaired) electrons. The van der Waals surface area contributed by atoms with Gasteiger partial charge in [0.05, 0.1) is 36.5 Å². The van der Waals surface area contributed by atoms with Gasteiger partial charge in [0.15, 0.2) is 0 Å². The Labute approximate surface area is 189 Å². The Morgan fingerprint density at radius 1 is 1.09 bits per heavy atom. The van der Waals surface area contributed by atoms with Crippen LogP contribution in [-0.2, 0) is 9.47 Å². The molecule has 0 N–H and O–H groups in total. The number of carbonyl (C=O) groups excluding carboxylic acids is 2. The number of hydrogen-bond donors (Lipinski definition) is 0. The number of benzene rings is 1. The summed E-state index contributed by atoms with van der Waals surface area (Å²) in [7, 11) is -1.31. The number of ether oxygens (including phenoxy) is 2. The lowest BCUT2D eigenvalue weighted by atomic mass is 10.2. The van der Waals surface area contributed by atoms with Gasteiger partial charge in [0.1, 0.15) is 5.82 Å². The second kappa shape index (κ2) is 9.26. The van der Waals surface area contributed by atoms with Gasteiger partial charge in [-0.1, -0.05) is 37.8 Å². The van der Waals surface area contributed by atoms with Gasteiger partial charge in [0, 0.05) is 38.9 Å². The minimum absolute atomic E-state index is 0.233. The van der Waals surface area contributed by atoms with Crippen LogP contribution in [0.2, 0.25) is 25.7 Å². The molecule has 0 aliphatic carbocycles. The first-order valence-corrected chi connectivity index (χ1v) is 14.6. The first kappa shape index (κ1) is 22.2. The number of nitrogens with zero attached hydrogens (tertiary/aromatic N) is 3. The molecule has 0 spiro atoms. The van der Waals surface area contributed by atoms with Crippen LogP contribution in [0.15, 0.2) is 48.8 Å². The zero-order valence-electron chi connectivity index (χ0n) is 18.8. The highest BCUT2D eigenvalue weighted by atomic mass is 28.3. The normalized spacial score (nSPS) is 14.5. The van der Waals surface area contributed by atoms with E-state index in [0.29, 0.717) is 41.9 Å². The van der Waals surface area contributed by atoms with E-state index in [9.17, 15) is 9.59 Å². The van der Waals surface area contributed by atoms with Crippen LogP contribution in [0.5, 0.6) is 0 Å². The molecule has 0 unspecified atom stereocenters. The second-order valence-electron chi connectivity index (χ2n) is 9.19. The Balaban J connectivity index is 1.57. The molecule has 0 amide bonds. The maximum Gasteiger partial charge on any atom is 0.340 e. The highest BCUT2D eigenvalue weighted by molar-refractivity contribution is 6.76. The molecule has 0 atom stereocenters. The number of carbonyl (C=O) groups is 2. The van der Waals surface area contributed by atoms with Crippen LogP contribution >= 0.6 is 0 Å². The molecule has 168 valence electrons. The van der Waals surface area contributed by atoms with Crippen molar-refractivity contribution >= 4 is 36.7 Å². The molecule has 1 aliphatic heterocycles. The quantitative estimate of drug-likeness (QED) is 0.416. The molecule has 1 aromatic carbocycles. The summed E-state index contributed by atoms with van der Waals surface area (Å²) in [5.41, 5.74) is 1.54. The molecule has 1 aliphatic rings. The highest BCUT2D eigenvalue weighted by Crippen LogP contribution is 2.24. The third kappa shape index (κ3) is 4.92. The van der Waals surface area contributed by atoms with Crippen LogP contribution in [0, 0.1) is 0 Å². The van der Waals surface area contributed by atoms with Gasteiger partial charge in [-0.15, -0.1) is 0 Å². The number of anilines is 1. The van der Waals surface area contributed by atoms with Gasteiger partial charge in [-0.25, -0.2) is 9.78 Å². The van der Waals surface area contributed by atoms with Crippen LogP contribution in [0.25, 0.3) is 10.9 Å². The van der Waals surface area contributed by atoms with Crippen LogP contribution in [0.4, 0.5) is 5.82 Å². The number of fused-ring (bicyclic) bond motifs is 1. The first-order valence-electron chi connectivity index (χ1n) is 10.9. The van der Waals surface area contributed by atoms with Gasteiger partial charge < -0.3 is 14.4 Å². The number of rotatable bonds is 6. The van der Waals surface area contributed by atoms with Gasteiger partial charge in [-0.3, -0.25) is 9.36 Å². The fraction of sp³-hybridized carbons (Fsp3) is 0.375. The zero-order chi connectivity index (χ0) is 22.7. The Morgan fingerprint density at radius 2 is 1.84 bits per heavy atom. The van der Waals surface area contributed by atoms with E-state index >= 15 is 0 Å². The summed E-state index contributed by atoms with van der Waals surface area (Å²) in [6, 6.07) is 11.9. The lowest BCUT2D eigenvalue weighted by Crippen LogP contribution is -2.36. The summed E-state index contributed by atoms with van der Waals surface area (Å²) in [5, 5.41) is 0.705. The van der Waals surface area contributed by atoms with Gasteiger partial charge in [-0.2, -0.15) is 0 Å². The summed E-state index contributed by atoms with van der Waals surface area (Å²) >= 11 is 0. The topological polar surface area (TPSA) is 73.7 Å². The Kier molecular flexibility index (Phi) is 6.43. The van der Waals surface area contributed by atoms with Crippen molar-refractivity contribution in [3.63, 3.8) is 0 Å². The van der Waals surface area contributed by atoms with Crippen molar-refractivity contribution in [2.24, 2.45) is 0 Å². The highest BCUT2D eigenvalue weighted by Gasteiger charge is 2.22. The van der Waals surface area contributed by atoms with E-state index in [1.807, 2.05) is 30.3 Å². The smallest absolute Gasteiger partial charge is 0.340 e. The van der Waals surface area contributed by atoms with Crippen molar-refractivity contribution < 1.29 is 19.1 Å². The third-order valence-corrected chi connectivity index (χ3v) is 7.27. The van der Waals surface area contributed by atoms with Gasteiger partial charge >= 0.3 is 5.97 Å². The van der Waals surface area contributed by atoms with E-state index in [-0.39, 0.29) is 5.91 Å². The van der Waals surface area contributed by atoms with E-state index in [2.05, 4.69) is 29.5 Å². The fourth-order valence-electron chi connectivity index (χ4n) is 3.67. The van der Waals surface area contributed by atoms with Crippen LogP contribution in [-0.4, -0.2) is 62.4 Å². The molecule has 32 heavy (non-hydrogen) atoms. The maximum atomic E-state index is 13.3. The van der Waals surface area contributed by atoms with E-state index in [4.69, 9.17) is 9.47 Å². The Bertz CT molecular complexity index is 1110. The fourth-order valence-corrected chi connectivity index (χ4v) is 4.38. The number of para-hydroxylation sites is 1. The number of hydrogen-bond acceptors (Lipinski definition) is 6. The van der Waals surface area contributed by atoms with Gasteiger partial charge in [0.2, 0.25) is 0 Å². The molecule has 3 aromatic rings. The van der Waals surface area contributed by atoms with Crippen molar-refractivity contribution in [1.82, 2.24) is 9.55 Å². The van der Waals surface area contributed by atoms with Crippen LogP contribution < -0.4 is 4.90 Å². The molecule has 8 heteroatoms. The minimum atomic E-state index is -1.31. The van der Waals surface area contributed by atoms with Gasteiger partial charge in [0.25, 0.3) is 5.91 Å². The maximum absolute atomic E-state index is 13.3. The predicted octanol–water partition coefficient (Wildman–Crippen LogP) is 4.06. The van der Waals surface area contributed by atoms with Crippen molar-refractivity contribution in [2.45, 2.75) is 25.7 Å². The van der Waals surface area contributed by atoms with Crippen LogP contribution in [0.1, 0.15) is 20.7 Å². The second-order valence-corrected chi connectivity index (χ2v) is 14.8. The largest absolute Gasteiger partial charge is 0.462 e. The number of pyridine rings is 1. The Morgan fingerprint density at radius 3 is 2.53 bits per heavy atom. The number of morpholine rings is 1. The van der Waals surface area contributed by atoms with Crippen molar-refractivity contribution in [1.29, 1.82) is 0 Å².